The number of anilines is 1. The molecule has 2 N–H and O–H groups in total. The van der Waals surface area contributed by atoms with Crippen LogP contribution in [0.1, 0.15) is 55.6 Å². The molecule has 0 aromatic heterocycles. The number of nitrogens with one attached hydrogen (secondary N) is 1. The normalized spacial score (nSPS) is 18.2. The molecule has 2 fully saturated rings. The first-order valence-electron chi connectivity index (χ1n) is 10.9. The third-order valence-corrected chi connectivity index (χ3v) is 6.76. The maximum absolute atomic E-state index is 14.5. The van der Waals surface area contributed by atoms with Gasteiger partial charge in [-0.15, -0.1) is 0 Å². The van der Waals surface area contributed by atoms with Crippen molar-refractivity contribution < 1.29 is 24.0 Å². The number of rotatable bonds is 8. The Morgan fingerprint density at radius 2 is 1.81 bits per heavy atom. The molecule has 168 valence electrons. The summed E-state index contributed by atoms with van der Waals surface area (Å²) in [7, 11) is 0. The summed E-state index contributed by atoms with van der Waals surface area (Å²) in [6, 6.07) is 10.3. The zero-order chi connectivity index (χ0) is 22.9. The number of nitrogens with zero attached hydrogens (tertiary/aromatic N) is 1. The Labute approximate surface area is 184 Å². The van der Waals surface area contributed by atoms with Crippen LogP contribution in [0.2, 0.25) is 0 Å². The number of benzene rings is 2. The van der Waals surface area contributed by atoms with Gasteiger partial charge in [0.25, 0.3) is 5.69 Å². The molecule has 32 heavy (non-hydrogen) atoms. The molecule has 0 heterocycles. The standard InChI is InChI=1S/C24H25FN2O5/c25-19-10-5-15(14-24(11-12-24)23(29)30)13-20(19)26-22(28)21(16-3-1-2-4-16)17-6-8-18(9-7-17)27(31)32/h5-10,13,16,21H,1-4,11-12,14H2,(H,26,28)(H,29,30). The Morgan fingerprint density at radius 3 is 2.38 bits per heavy atom. The highest BCUT2D eigenvalue weighted by molar-refractivity contribution is 5.96. The number of carbonyl (C=O) groups excluding carboxylic acids is 1. The molecule has 0 spiro atoms. The van der Waals surface area contributed by atoms with Gasteiger partial charge in [-0.1, -0.05) is 31.0 Å². The topological polar surface area (TPSA) is 110 Å². The average molecular weight is 440 g/mol. The predicted molar refractivity (Wildman–Crippen MR) is 116 cm³/mol. The minimum atomic E-state index is -0.855. The molecule has 2 saturated carbocycles. The van der Waals surface area contributed by atoms with E-state index in [0.717, 1.165) is 25.7 Å². The number of hydrogen-bond acceptors (Lipinski definition) is 4. The van der Waals surface area contributed by atoms with Gasteiger partial charge < -0.3 is 10.4 Å². The summed E-state index contributed by atoms with van der Waals surface area (Å²) in [4.78, 5) is 35.3. The van der Waals surface area contributed by atoms with E-state index in [9.17, 15) is 29.2 Å². The molecule has 1 amide bonds. The van der Waals surface area contributed by atoms with Crippen LogP contribution in [-0.2, 0) is 16.0 Å². The van der Waals surface area contributed by atoms with Gasteiger partial charge in [-0.2, -0.15) is 0 Å². The predicted octanol–water partition coefficient (Wildman–Crippen LogP) is 5.05. The molecule has 0 aliphatic heterocycles. The molecule has 2 aromatic rings. The molecule has 1 unspecified atom stereocenters. The number of hydrogen-bond donors (Lipinski definition) is 2. The van der Waals surface area contributed by atoms with Crippen molar-refractivity contribution in [2.75, 3.05) is 5.32 Å². The van der Waals surface area contributed by atoms with Gasteiger partial charge in [0.2, 0.25) is 5.91 Å². The van der Waals surface area contributed by atoms with Crippen LogP contribution in [0.5, 0.6) is 0 Å². The molecule has 0 radical (unpaired) electrons. The average Bonchev–Trinajstić information content (AvgIpc) is 3.35. The van der Waals surface area contributed by atoms with Crippen LogP contribution >= 0.6 is 0 Å². The van der Waals surface area contributed by atoms with Crippen LogP contribution in [0.25, 0.3) is 0 Å². The molecule has 0 saturated heterocycles. The lowest BCUT2D eigenvalue weighted by Crippen LogP contribution is -2.27. The molecule has 7 nitrogen and oxygen atoms in total. The van der Waals surface area contributed by atoms with Gasteiger partial charge >= 0.3 is 5.97 Å². The van der Waals surface area contributed by atoms with E-state index in [1.54, 1.807) is 18.2 Å². The quantitative estimate of drug-likeness (QED) is 0.441. The van der Waals surface area contributed by atoms with Crippen molar-refractivity contribution in [3.63, 3.8) is 0 Å². The molecule has 2 aliphatic rings. The highest BCUT2D eigenvalue weighted by Gasteiger charge is 2.50. The monoisotopic (exact) mass is 440 g/mol. The van der Waals surface area contributed by atoms with Crippen molar-refractivity contribution in [2.45, 2.75) is 50.9 Å². The van der Waals surface area contributed by atoms with Crippen LogP contribution in [0.4, 0.5) is 15.8 Å². The fourth-order valence-electron chi connectivity index (χ4n) is 4.73. The largest absolute Gasteiger partial charge is 0.481 e. The molecule has 2 aliphatic carbocycles. The number of carboxylic acid groups (broad SMARTS) is 1. The van der Waals surface area contributed by atoms with Crippen LogP contribution in [0, 0.1) is 27.3 Å². The number of carboxylic acids is 1. The van der Waals surface area contributed by atoms with E-state index in [1.807, 2.05) is 0 Å². The van der Waals surface area contributed by atoms with Crippen molar-refractivity contribution >= 4 is 23.3 Å². The van der Waals surface area contributed by atoms with Gasteiger partial charge in [-0.3, -0.25) is 19.7 Å². The summed E-state index contributed by atoms with van der Waals surface area (Å²) in [5, 5.41) is 23.1. The SMILES string of the molecule is O=C(Nc1cc(CC2(C(=O)O)CC2)ccc1F)C(c1ccc([N+](=O)[O-])cc1)C1CCCC1. The minimum Gasteiger partial charge on any atom is -0.481 e. The fourth-order valence-corrected chi connectivity index (χ4v) is 4.73. The third-order valence-electron chi connectivity index (χ3n) is 6.76. The lowest BCUT2D eigenvalue weighted by molar-refractivity contribution is -0.384. The van der Waals surface area contributed by atoms with Gasteiger partial charge in [-0.25, -0.2) is 4.39 Å². The molecule has 8 heteroatoms. The van der Waals surface area contributed by atoms with E-state index in [2.05, 4.69) is 5.32 Å². The minimum absolute atomic E-state index is 0.0265. The third kappa shape index (κ3) is 4.49. The lowest BCUT2D eigenvalue weighted by atomic mass is 9.84. The van der Waals surface area contributed by atoms with E-state index in [0.29, 0.717) is 30.4 Å². The highest BCUT2D eigenvalue weighted by atomic mass is 19.1. The zero-order valence-corrected chi connectivity index (χ0v) is 17.6. The van der Waals surface area contributed by atoms with Gasteiger partial charge in [-0.05, 0) is 61.3 Å². The fraction of sp³-hybridized carbons (Fsp3) is 0.417. The molecular weight excluding hydrogens is 415 g/mol. The summed E-state index contributed by atoms with van der Waals surface area (Å²) in [6.07, 6.45) is 5.19. The van der Waals surface area contributed by atoms with E-state index in [4.69, 9.17) is 0 Å². The van der Waals surface area contributed by atoms with Gasteiger partial charge in [0.05, 0.1) is 21.9 Å². The van der Waals surface area contributed by atoms with Gasteiger partial charge in [0.15, 0.2) is 0 Å². The Bertz CT molecular complexity index is 1040. The number of nitro benzene ring substituents is 1. The number of carbonyl (C=O) groups is 2. The van der Waals surface area contributed by atoms with Crippen LogP contribution in [0.15, 0.2) is 42.5 Å². The zero-order valence-electron chi connectivity index (χ0n) is 17.6. The van der Waals surface area contributed by atoms with E-state index < -0.39 is 28.0 Å². The van der Waals surface area contributed by atoms with Gasteiger partial charge in [0.1, 0.15) is 5.82 Å². The highest BCUT2D eigenvalue weighted by Crippen LogP contribution is 2.49. The van der Waals surface area contributed by atoms with Crippen molar-refractivity contribution in [2.24, 2.45) is 11.3 Å². The maximum Gasteiger partial charge on any atom is 0.309 e. The summed E-state index contributed by atoms with van der Waals surface area (Å²) in [5.41, 5.74) is 0.516. The summed E-state index contributed by atoms with van der Waals surface area (Å²) >= 11 is 0. The molecule has 1 atom stereocenters. The van der Waals surface area contributed by atoms with Crippen LogP contribution in [0.3, 0.4) is 0 Å². The van der Waals surface area contributed by atoms with E-state index in [-0.39, 0.29) is 23.2 Å². The summed E-state index contributed by atoms with van der Waals surface area (Å²) < 4.78 is 14.5. The van der Waals surface area contributed by atoms with Crippen LogP contribution in [-0.4, -0.2) is 21.9 Å². The van der Waals surface area contributed by atoms with Crippen molar-refractivity contribution in [3.05, 3.63) is 69.5 Å². The second-order valence-electron chi connectivity index (χ2n) is 8.94. The number of halogens is 1. The van der Waals surface area contributed by atoms with E-state index in [1.165, 1.54) is 24.3 Å². The number of amides is 1. The first-order valence-corrected chi connectivity index (χ1v) is 10.9. The number of non-ortho nitro benzene ring substituents is 1. The van der Waals surface area contributed by atoms with E-state index >= 15 is 0 Å². The number of nitro groups is 1. The first kappa shape index (κ1) is 21.9. The molecule has 4 rings (SSSR count). The van der Waals surface area contributed by atoms with Crippen LogP contribution < -0.4 is 5.32 Å². The second kappa shape index (κ2) is 8.68. The maximum atomic E-state index is 14.5. The first-order chi connectivity index (χ1) is 15.3. The van der Waals surface area contributed by atoms with Gasteiger partial charge in [0, 0.05) is 12.1 Å². The van der Waals surface area contributed by atoms with Crippen molar-refractivity contribution in [1.29, 1.82) is 0 Å². The van der Waals surface area contributed by atoms with Crippen molar-refractivity contribution in [3.8, 4) is 0 Å². The molecule has 0 bridgehead atoms. The Kier molecular flexibility index (Phi) is 5.95. The summed E-state index contributed by atoms with van der Waals surface area (Å²) in [6.45, 7) is 0. The van der Waals surface area contributed by atoms with Crippen molar-refractivity contribution in [1.82, 2.24) is 0 Å². The molecular formula is C24H25FN2O5. The molecule has 2 aromatic carbocycles. The Morgan fingerprint density at radius 1 is 1.16 bits per heavy atom. The number of aliphatic carboxylic acids is 1. The Balaban J connectivity index is 1.57. The summed E-state index contributed by atoms with van der Waals surface area (Å²) in [5.74, 6) is -2.27. The smallest absolute Gasteiger partial charge is 0.309 e. The second-order valence-corrected chi connectivity index (χ2v) is 8.94. The lowest BCUT2D eigenvalue weighted by Gasteiger charge is -2.23. The Hall–Kier alpha value is -3.29.